The molecule has 0 aliphatic carbocycles. The highest BCUT2D eigenvalue weighted by molar-refractivity contribution is 5.96. The normalized spacial score (nSPS) is 10.6. The van der Waals surface area contributed by atoms with Crippen molar-refractivity contribution in [2.75, 3.05) is 23.0 Å². The van der Waals surface area contributed by atoms with Gasteiger partial charge in [0.15, 0.2) is 11.6 Å². The fourth-order valence-electron chi connectivity index (χ4n) is 3.24. The SMILES string of the molecule is CNc1nc(C)nc(Nc2ccccc2C(=O)O)c1NCc1ccc(-c2ccncc2)o1. The van der Waals surface area contributed by atoms with Gasteiger partial charge in [0.05, 0.1) is 17.8 Å². The molecule has 9 nitrogen and oxygen atoms in total. The van der Waals surface area contributed by atoms with Crippen LogP contribution in [0.4, 0.5) is 23.0 Å². The third-order valence-corrected chi connectivity index (χ3v) is 4.73. The summed E-state index contributed by atoms with van der Waals surface area (Å²) in [6, 6.07) is 14.2. The van der Waals surface area contributed by atoms with E-state index in [-0.39, 0.29) is 5.56 Å². The van der Waals surface area contributed by atoms with Crippen molar-refractivity contribution >= 4 is 29.0 Å². The van der Waals surface area contributed by atoms with Crippen LogP contribution in [0.15, 0.2) is 65.3 Å². The van der Waals surface area contributed by atoms with Gasteiger partial charge in [0.2, 0.25) is 0 Å². The van der Waals surface area contributed by atoms with Gasteiger partial charge in [-0.15, -0.1) is 0 Å². The van der Waals surface area contributed by atoms with Gasteiger partial charge in [0.25, 0.3) is 0 Å². The Morgan fingerprint density at radius 2 is 1.78 bits per heavy atom. The standard InChI is InChI=1S/C23H22N6O3/c1-14-27-21(24-2)20(22(28-14)29-18-6-4-3-5-17(18)23(30)31)26-13-16-7-8-19(32-16)15-9-11-25-12-10-15/h3-12,26H,13H2,1-2H3,(H,30,31)(H2,24,27,28,29). The van der Waals surface area contributed by atoms with Crippen molar-refractivity contribution in [1.82, 2.24) is 15.0 Å². The number of aromatic carboxylic acids is 1. The second-order valence-corrected chi connectivity index (χ2v) is 6.92. The number of carboxylic acids is 1. The van der Waals surface area contributed by atoms with Gasteiger partial charge in [-0.1, -0.05) is 12.1 Å². The van der Waals surface area contributed by atoms with Crippen LogP contribution in [-0.4, -0.2) is 33.1 Å². The number of anilines is 4. The summed E-state index contributed by atoms with van der Waals surface area (Å²) in [4.78, 5) is 24.5. The summed E-state index contributed by atoms with van der Waals surface area (Å²) in [5, 5.41) is 19.0. The Balaban J connectivity index is 1.61. The van der Waals surface area contributed by atoms with E-state index < -0.39 is 5.97 Å². The molecule has 0 bridgehead atoms. The largest absolute Gasteiger partial charge is 0.478 e. The Kier molecular flexibility index (Phi) is 5.98. The van der Waals surface area contributed by atoms with E-state index in [4.69, 9.17) is 4.42 Å². The van der Waals surface area contributed by atoms with Crippen LogP contribution in [0.1, 0.15) is 21.9 Å². The first kappa shape index (κ1) is 20.9. The molecular formula is C23H22N6O3. The number of furan rings is 1. The van der Waals surface area contributed by atoms with Crippen molar-refractivity contribution in [1.29, 1.82) is 0 Å². The summed E-state index contributed by atoms with van der Waals surface area (Å²) in [5.74, 6) is 2.00. The van der Waals surface area contributed by atoms with Crippen LogP contribution in [0.3, 0.4) is 0 Å². The van der Waals surface area contributed by atoms with E-state index in [1.807, 2.05) is 24.3 Å². The van der Waals surface area contributed by atoms with Crippen molar-refractivity contribution < 1.29 is 14.3 Å². The molecule has 1 aromatic carbocycles. The van der Waals surface area contributed by atoms with Crippen LogP contribution in [-0.2, 0) is 6.54 Å². The number of para-hydroxylation sites is 1. The zero-order chi connectivity index (χ0) is 22.5. The molecule has 0 aliphatic rings. The molecule has 32 heavy (non-hydrogen) atoms. The van der Waals surface area contributed by atoms with Crippen LogP contribution >= 0.6 is 0 Å². The number of pyridine rings is 1. The van der Waals surface area contributed by atoms with Gasteiger partial charge in [-0.2, -0.15) is 0 Å². The number of aryl methyl sites for hydroxylation is 1. The third kappa shape index (κ3) is 4.51. The van der Waals surface area contributed by atoms with Gasteiger partial charge in [0, 0.05) is 25.0 Å². The van der Waals surface area contributed by atoms with Gasteiger partial charge in [0.1, 0.15) is 23.0 Å². The number of nitrogens with zero attached hydrogens (tertiary/aromatic N) is 3. The highest BCUT2D eigenvalue weighted by atomic mass is 16.4. The maximum Gasteiger partial charge on any atom is 0.337 e. The number of nitrogens with one attached hydrogen (secondary N) is 3. The lowest BCUT2D eigenvalue weighted by Gasteiger charge is -2.17. The number of aromatic nitrogens is 3. The summed E-state index contributed by atoms with van der Waals surface area (Å²) < 4.78 is 5.95. The predicted octanol–water partition coefficient (Wildman–Crippen LogP) is 4.54. The minimum Gasteiger partial charge on any atom is -0.478 e. The van der Waals surface area contributed by atoms with Crippen LogP contribution in [0.25, 0.3) is 11.3 Å². The molecule has 162 valence electrons. The molecule has 0 unspecified atom stereocenters. The minimum absolute atomic E-state index is 0.147. The molecule has 0 saturated heterocycles. The molecule has 0 saturated carbocycles. The summed E-state index contributed by atoms with van der Waals surface area (Å²) in [5.41, 5.74) is 2.11. The molecule has 9 heteroatoms. The van der Waals surface area contributed by atoms with Crippen LogP contribution in [0.2, 0.25) is 0 Å². The van der Waals surface area contributed by atoms with Crippen LogP contribution < -0.4 is 16.0 Å². The fraction of sp³-hybridized carbons (Fsp3) is 0.130. The Labute approximate surface area is 184 Å². The van der Waals surface area contributed by atoms with Gasteiger partial charge in [-0.25, -0.2) is 14.8 Å². The number of hydrogen-bond donors (Lipinski definition) is 4. The van der Waals surface area contributed by atoms with Gasteiger partial charge in [-0.05, 0) is 43.3 Å². The Morgan fingerprint density at radius 3 is 2.53 bits per heavy atom. The lowest BCUT2D eigenvalue weighted by molar-refractivity contribution is 0.0698. The summed E-state index contributed by atoms with van der Waals surface area (Å²) in [7, 11) is 1.76. The van der Waals surface area contributed by atoms with Crippen molar-refractivity contribution in [3.05, 3.63) is 78.1 Å². The van der Waals surface area contributed by atoms with Gasteiger partial charge in [-0.3, -0.25) is 4.98 Å². The molecule has 4 N–H and O–H groups in total. The molecule has 3 aromatic heterocycles. The van der Waals surface area contributed by atoms with Crippen molar-refractivity contribution in [3.8, 4) is 11.3 Å². The van der Waals surface area contributed by atoms with E-state index in [0.29, 0.717) is 35.4 Å². The molecule has 0 aliphatic heterocycles. The van der Waals surface area contributed by atoms with Crippen LogP contribution in [0, 0.1) is 6.92 Å². The number of carboxylic acid groups (broad SMARTS) is 1. The summed E-state index contributed by atoms with van der Waals surface area (Å²) >= 11 is 0. The molecule has 0 spiro atoms. The average molecular weight is 430 g/mol. The minimum atomic E-state index is -1.03. The maximum atomic E-state index is 11.6. The van der Waals surface area contributed by atoms with Gasteiger partial charge < -0.3 is 25.5 Å². The molecule has 0 radical (unpaired) electrons. The Bertz CT molecular complexity index is 1240. The topological polar surface area (TPSA) is 125 Å². The van der Waals surface area contributed by atoms with E-state index in [1.54, 1.807) is 44.6 Å². The molecular weight excluding hydrogens is 408 g/mol. The number of carbonyl (C=O) groups is 1. The second kappa shape index (κ2) is 9.17. The maximum absolute atomic E-state index is 11.6. The van der Waals surface area contributed by atoms with Gasteiger partial charge >= 0.3 is 5.97 Å². The Morgan fingerprint density at radius 1 is 1.03 bits per heavy atom. The monoisotopic (exact) mass is 430 g/mol. The molecule has 4 aromatic rings. The molecule has 4 rings (SSSR count). The number of benzene rings is 1. The van der Waals surface area contributed by atoms with Crippen LogP contribution in [0.5, 0.6) is 0 Å². The van der Waals surface area contributed by atoms with Crippen molar-refractivity contribution in [2.45, 2.75) is 13.5 Å². The second-order valence-electron chi connectivity index (χ2n) is 6.92. The quantitative estimate of drug-likeness (QED) is 0.319. The highest BCUT2D eigenvalue weighted by Gasteiger charge is 2.16. The number of rotatable bonds is 8. The Hall–Kier alpha value is -4.40. The lowest BCUT2D eigenvalue weighted by atomic mass is 10.2. The first-order chi connectivity index (χ1) is 15.5. The molecule has 0 atom stereocenters. The average Bonchev–Trinajstić information content (AvgIpc) is 3.28. The van der Waals surface area contributed by atoms with E-state index in [1.165, 1.54) is 6.07 Å². The predicted molar refractivity (Wildman–Crippen MR) is 122 cm³/mol. The van der Waals surface area contributed by atoms with Crippen molar-refractivity contribution in [3.63, 3.8) is 0 Å². The number of hydrogen-bond acceptors (Lipinski definition) is 8. The van der Waals surface area contributed by atoms with E-state index in [9.17, 15) is 9.90 Å². The zero-order valence-electron chi connectivity index (χ0n) is 17.6. The molecule has 0 amide bonds. The highest BCUT2D eigenvalue weighted by Crippen LogP contribution is 2.32. The smallest absolute Gasteiger partial charge is 0.337 e. The first-order valence-corrected chi connectivity index (χ1v) is 9.94. The third-order valence-electron chi connectivity index (χ3n) is 4.73. The summed E-state index contributed by atoms with van der Waals surface area (Å²) in [6.07, 6.45) is 3.43. The van der Waals surface area contributed by atoms with E-state index >= 15 is 0 Å². The van der Waals surface area contributed by atoms with E-state index in [2.05, 4.69) is 30.9 Å². The van der Waals surface area contributed by atoms with Crippen molar-refractivity contribution in [2.24, 2.45) is 0 Å². The fourth-order valence-corrected chi connectivity index (χ4v) is 3.24. The summed E-state index contributed by atoms with van der Waals surface area (Å²) in [6.45, 7) is 2.15. The zero-order valence-corrected chi connectivity index (χ0v) is 17.6. The van der Waals surface area contributed by atoms with E-state index in [0.717, 1.165) is 17.1 Å². The molecule has 0 fully saturated rings. The first-order valence-electron chi connectivity index (χ1n) is 9.94. The molecule has 3 heterocycles. The lowest BCUT2D eigenvalue weighted by Crippen LogP contribution is -2.11.